The third-order valence-corrected chi connectivity index (χ3v) is 5.74. The van der Waals surface area contributed by atoms with Gasteiger partial charge in [0.1, 0.15) is 0 Å². The second-order valence-corrected chi connectivity index (χ2v) is 8.94. The second kappa shape index (κ2) is 7.90. The topological polar surface area (TPSA) is 59.5 Å². The van der Waals surface area contributed by atoms with Gasteiger partial charge in [0, 0.05) is 19.2 Å². The van der Waals surface area contributed by atoms with E-state index in [9.17, 15) is 4.79 Å². The van der Waals surface area contributed by atoms with Crippen LogP contribution in [0.3, 0.4) is 0 Å². The summed E-state index contributed by atoms with van der Waals surface area (Å²) in [5, 5.41) is 3.94. The highest BCUT2D eigenvalue weighted by Crippen LogP contribution is 2.27. The van der Waals surface area contributed by atoms with E-state index in [0.717, 1.165) is 32.4 Å². The number of nitrogens with zero attached hydrogens (tertiary/aromatic N) is 2. The second-order valence-electron chi connectivity index (χ2n) is 8.94. The Balaban J connectivity index is 1.32. The highest BCUT2D eigenvalue weighted by Gasteiger charge is 2.26. The highest BCUT2D eigenvalue weighted by molar-refractivity contribution is 5.93. The van der Waals surface area contributed by atoms with Gasteiger partial charge in [-0.25, -0.2) is 0 Å². The van der Waals surface area contributed by atoms with Gasteiger partial charge in [-0.3, -0.25) is 4.79 Å². The van der Waals surface area contributed by atoms with Crippen LogP contribution in [0.4, 0.5) is 0 Å². The Morgan fingerprint density at radius 3 is 2.45 bits per heavy atom. The molecular formula is C24H28N2O3. The predicted molar refractivity (Wildman–Crippen MR) is 112 cm³/mol. The lowest BCUT2D eigenvalue weighted by Crippen LogP contribution is -2.39. The van der Waals surface area contributed by atoms with Crippen LogP contribution in [0, 0.1) is 5.92 Å². The van der Waals surface area contributed by atoms with Crippen LogP contribution in [-0.4, -0.2) is 29.1 Å². The fourth-order valence-electron chi connectivity index (χ4n) is 3.89. The van der Waals surface area contributed by atoms with E-state index >= 15 is 0 Å². The molecule has 0 radical (unpaired) electrons. The molecule has 0 unspecified atom stereocenters. The minimum Gasteiger partial charge on any atom is -0.461 e. The summed E-state index contributed by atoms with van der Waals surface area (Å²) in [4.78, 5) is 14.6. The molecule has 4 rings (SSSR count). The number of aromatic nitrogens is 1. The van der Waals surface area contributed by atoms with E-state index in [1.807, 2.05) is 4.90 Å². The van der Waals surface area contributed by atoms with Gasteiger partial charge < -0.3 is 13.8 Å². The summed E-state index contributed by atoms with van der Waals surface area (Å²) in [7, 11) is 0. The van der Waals surface area contributed by atoms with Gasteiger partial charge in [-0.2, -0.15) is 0 Å². The number of likely N-dealkylation sites (tertiary alicyclic amines) is 1. The highest BCUT2D eigenvalue weighted by atomic mass is 16.5. The van der Waals surface area contributed by atoms with Gasteiger partial charge in [-0.1, -0.05) is 50.2 Å². The molecule has 0 saturated carbocycles. The van der Waals surface area contributed by atoms with Crippen LogP contribution < -0.4 is 0 Å². The summed E-state index contributed by atoms with van der Waals surface area (Å²) >= 11 is 0. The van der Waals surface area contributed by atoms with E-state index in [0.29, 0.717) is 23.1 Å². The lowest BCUT2D eigenvalue weighted by molar-refractivity contribution is 0.0680. The average molecular weight is 392 g/mol. The van der Waals surface area contributed by atoms with E-state index < -0.39 is 0 Å². The molecule has 0 N–H and O–H groups in total. The molecule has 152 valence electrons. The summed E-state index contributed by atoms with van der Waals surface area (Å²) in [5.41, 5.74) is 3.26. The van der Waals surface area contributed by atoms with Gasteiger partial charge in [-0.15, -0.1) is 0 Å². The van der Waals surface area contributed by atoms with Crippen LogP contribution in [0.25, 0.3) is 11.5 Å². The molecule has 1 aliphatic heterocycles. The van der Waals surface area contributed by atoms with Crippen molar-refractivity contribution >= 4 is 5.91 Å². The number of rotatable bonds is 4. The Labute approximate surface area is 171 Å². The SMILES string of the molecule is CC(C)(C)c1ccc(CC2CCN(C(=O)c3cc(-c4ccco4)on3)CC2)cc1. The third kappa shape index (κ3) is 4.44. The fraction of sp³-hybridized carbons (Fsp3) is 0.417. The Morgan fingerprint density at radius 2 is 1.83 bits per heavy atom. The maximum Gasteiger partial charge on any atom is 0.276 e. The largest absolute Gasteiger partial charge is 0.461 e. The Kier molecular flexibility index (Phi) is 5.31. The molecule has 1 aromatic carbocycles. The van der Waals surface area contributed by atoms with Gasteiger partial charge in [0.2, 0.25) is 5.76 Å². The van der Waals surface area contributed by atoms with Crippen molar-refractivity contribution in [3.05, 3.63) is 65.5 Å². The van der Waals surface area contributed by atoms with Gasteiger partial charge in [-0.05, 0) is 53.9 Å². The number of piperidine rings is 1. The van der Waals surface area contributed by atoms with Crippen LogP contribution in [0.1, 0.15) is 55.2 Å². The fourth-order valence-corrected chi connectivity index (χ4v) is 3.89. The number of carbonyl (C=O) groups excluding carboxylic acids is 1. The van der Waals surface area contributed by atoms with Crippen LogP contribution in [-0.2, 0) is 11.8 Å². The molecule has 1 fully saturated rings. The Morgan fingerprint density at radius 1 is 1.10 bits per heavy atom. The molecule has 3 aromatic rings. The van der Waals surface area contributed by atoms with E-state index in [1.54, 1.807) is 24.5 Å². The molecule has 29 heavy (non-hydrogen) atoms. The minimum absolute atomic E-state index is 0.0699. The average Bonchev–Trinajstić information content (AvgIpc) is 3.39. The lowest BCUT2D eigenvalue weighted by Gasteiger charge is -2.31. The maximum atomic E-state index is 12.8. The molecule has 1 aliphatic rings. The summed E-state index contributed by atoms with van der Waals surface area (Å²) in [5.74, 6) is 1.59. The normalized spacial score (nSPS) is 15.6. The van der Waals surface area contributed by atoms with Crippen molar-refractivity contribution in [1.82, 2.24) is 10.1 Å². The van der Waals surface area contributed by atoms with Crippen molar-refractivity contribution in [2.75, 3.05) is 13.1 Å². The molecule has 0 aliphatic carbocycles. The molecule has 1 amide bonds. The summed E-state index contributed by atoms with van der Waals surface area (Å²) in [6.45, 7) is 8.22. The van der Waals surface area contributed by atoms with Crippen molar-refractivity contribution in [3.63, 3.8) is 0 Å². The monoisotopic (exact) mass is 392 g/mol. The number of hydrogen-bond acceptors (Lipinski definition) is 4. The molecule has 1 saturated heterocycles. The molecule has 3 heterocycles. The van der Waals surface area contributed by atoms with Gasteiger partial charge >= 0.3 is 0 Å². The van der Waals surface area contributed by atoms with Crippen LogP contribution in [0.2, 0.25) is 0 Å². The van der Waals surface area contributed by atoms with Crippen LogP contribution in [0.15, 0.2) is 57.7 Å². The number of furan rings is 1. The summed E-state index contributed by atoms with van der Waals surface area (Å²) in [6, 6.07) is 14.2. The molecule has 0 atom stereocenters. The third-order valence-electron chi connectivity index (χ3n) is 5.74. The molecule has 2 aromatic heterocycles. The van der Waals surface area contributed by atoms with Crippen molar-refractivity contribution in [3.8, 4) is 11.5 Å². The van der Waals surface area contributed by atoms with Crippen molar-refractivity contribution in [2.45, 2.75) is 45.4 Å². The standard InChI is InChI=1S/C24H28N2O3/c1-24(2,3)19-8-6-17(7-9-19)15-18-10-12-26(13-11-18)23(27)20-16-22(29-25-20)21-5-4-14-28-21/h4-9,14,16,18H,10-13,15H2,1-3H3. The number of benzene rings is 1. The van der Waals surface area contributed by atoms with Crippen molar-refractivity contribution < 1.29 is 13.7 Å². The first kappa shape index (κ1) is 19.5. The van der Waals surface area contributed by atoms with Gasteiger partial charge in [0.05, 0.1) is 6.26 Å². The molecule has 5 heteroatoms. The molecule has 5 nitrogen and oxygen atoms in total. The first-order valence-electron chi connectivity index (χ1n) is 10.3. The van der Waals surface area contributed by atoms with Gasteiger partial charge in [0.15, 0.2) is 11.5 Å². The van der Waals surface area contributed by atoms with Crippen LogP contribution in [0.5, 0.6) is 0 Å². The first-order valence-corrected chi connectivity index (χ1v) is 10.3. The summed E-state index contributed by atoms with van der Waals surface area (Å²) in [6.07, 6.45) is 4.66. The van der Waals surface area contributed by atoms with E-state index in [-0.39, 0.29) is 11.3 Å². The Hall–Kier alpha value is -2.82. The molecular weight excluding hydrogens is 364 g/mol. The minimum atomic E-state index is -0.0699. The zero-order valence-electron chi connectivity index (χ0n) is 17.4. The molecule has 0 spiro atoms. The zero-order chi connectivity index (χ0) is 20.4. The predicted octanol–water partition coefficient (Wildman–Crippen LogP) is 5.33. The Bertz CT molecular complexity index is 941. The van der Waals surface area contributed by atoms with E-state index in [4.69, 9.17) is 8.94 Å². The zero-order valence-corrected chi connectivity index (χ0v) is 17.4. The maximum absolute atomic E-state index is 12.8. The molecule has 0 bridgehead atoms. The number of carbonyl (C=O) groups is 1. The van der Waals surface area contributed by atoms with Gasteiger partial charge in [0.25, 0.3) is 5.91 Å². The summed E-state index contributed by atoms with van der Waals surface area (Å²) < 4.78 is 10.6. The first-order chi connectivity index (χ1) is 13.9. The van der Waals surface area contributed by atoms with Crippen molar-refractivity contribution in [2.24, 2.45) is 5.92 Å². The van der Waals surface area contributed by atoms with E-state index in [2.05, 4.69) is 50.2 Å². The van der Waals surface area contributed by atoms with Crippen LogP contribution >= 0.6 is 0 Å². The van der Waals surface area contributed by atoms with Crippen molar-refractivity contribution in [1.29, 1.82) is 0 Å². The lowest BCUT2D eigenvalue weighted by atomic mass is 9.85. The quantitative estimate of drug-likeness (QED) is 0.602. The number of hydrogen-bond donors (Lipinski definition) is 0. The number of amides is 1. The smallest absolute Gasteiger partial charge is 0.276 e. The van der Waals surface area contributed by atoms with E-state index in [1.165, 1.54) is 11.1 Å².